The van der Waals surface area contributed by atoms with E-state index in [9.17, 15) is 5.11 Å². The van der Waals surface area contributed by atoms with Crippen LogP contribution in [0.3, 0.4) is 0 Å². The van der Waals surface area contributed by atoms with Gasteiger partial charge in [0.25, 0.3) is 0 Å². The first kappa shape index (κ1) is 15.0. The molecule has 3 nitrogen and oxygen atoms in total. The van der Waals surface area contributed by atoms with Gasteiger partial charge in [0.2, 0.25) is 0 Å². The largest absolute Gasteiger partial charge is 0.497 e. The molecule has 0 heterocycles. The van der Waals surface area contributed by atoms with E-state index in [0.717, 1.165) is 12.3 Å². The lowest BCUT2D eigenvalue weighted by atomic mass is 9.83. The lowest BCUT2D eigenvalue weighted by Gasteiger charge is -2.32. The van der Waals surface area contributed by atoms with Crippen LogP contribution < -0.4 is 10.1 Å². The molecule has 0 spiro atoms. The third-order valence-electron chi connectivity index (χ3n) is 3.26. The van der Waals surface area contributed by atoms with Crippen LogP contribution in [0.1, 0.15) is 33.3 Å². The van der Waals surface area contributed by atoms with E-state index in [1.807, 2.05) is 26.0 Å². The van der Waals surface area contributed by atoms with Gasteiger partial charge in [0.15, 0.2) is 0 Å². The Morgan fingerprint density at radius 1 is 1.22 bits per heavy atom. The smallest absolute Gasteiger partial charge is 0.119 e. The predicted molar refractivity (Wildman–Crippen MR) is 75.2 cm³/mol. The van der Waals surface area contributed by atoms with Gasteiger partial charge in [0, 0.05) is 17.5 Å². The van der Waals surface area contributed by atoms with Crippen LogP contribution in [0.15, 0.2) is 24.3 Å². The summed E-state index contributed by atoms with van der Waals surface area (Å²) >= 11 is 0. The molecule has 1 aromatic rings. The van der Waals surface area contributed by atoms with Crippen molar-refractivity contribution >= 4 is 0 Å². The molecule has 0 atom stereocenters. The number of benzene rings is 1. The number of ether oxygens (including phenoxy) is 1. The van der Waals surface area contributed by atoms with Crippen LogP contribution in [-0.4, -0.2) is 30.9 Å². The van der Waals surface area contributed by atoms with E-state index >= 15 is 0 Å². The highest BCUT2D eigenvalue weighted by molar-refractivity contribution is 5.33. The molecule has 1 rings (SSSR count). The second-order valence-electron chi connectivity index (χ2n) is 6.01. The lowest BCUT2D eigenvalue weighted by molar-refractivity contribution is 0.181. The summed E-state index contributed by atoms with van der Waals surface area (Å²) in [5.41, 5.74) is 0.958. The third-order valence-corrected chi connectivity index (χ3v) is 3.26. The zero-order valence-electron chi connectivity index (χ0n) is 12.1. The molecule has 102 valence electrons. The number of hydrogen-bond donors (Lipinski definition) is 2. The van der Waals surface area contributed by atoms with Crippen molar-refractivity contribution < 1.29 is 9.84 Å². The first-order valence-electron chi connectivity index (χ1n) is 6.31. The Bertz CT molecular complexity index is 386. The summed E-state index contributed by atoms with van der Waals surface area (Å²) in [7, 11) is 1.68. The first-order valence-corrected chi connectivity index (χ1v) is 6.31. The minimum absolute atomic E-state index is 0.0129. The minimum Gasteiger partial charge on any atom is -0.497 e. The van der Waals surface area contributed by atoms with E-state index in [0.29, 0.717) is 0 Å². The second-order valence-corrected chi connectivity index (χ2v) is 6.01. The molecule has 0 fully saturated rings. The van der Waals surface area contributed by atoms with E-state index in [-0.39, 0.29) is 17.6 Å². The summed E-state index contributed by atoms with van der Waals surface area (Å²) in [6, 6.07) is 8.13. The molecule has 0 bridgehead atoms. The van der Waals surface area contributed by atoms with Gasteiger partial charge in [-0.2, -0.15) is 0 Å². The predicted octanol–water partition coefficient (Wildman–Crippen LogP) is 2.33. The molecule has 0 radical (unpaired) electrons. The summed E-state index contributed by atoms with van der Waals surface area (Å²) in [6.45, 7) is 9.28. The number of aliphatic hydroxyl groups excluding tert-OH is 1. The first-order chi connectivity index (χ1) is 8.30. The number of methoxy groups -OCH3 is 1. The molecule has 0 aliphatic carbocycles. The molecular formula is C15H25NO2. The molecule has 0 saturated heterocycles. The van der Waals surface area contributed by atoms with Gasteiger partial charge in [-0.05, 0) is 31.5 Å². The highest BCUT2D eigenvalue weighted by atomic mass is 16.5. The van der Waals surface area contributed by atoms with Crippen molar-refractivity contribution in [3.63, 3.8) is 0 Å². The summed E-state index contributed by atoms with van der Waals surface area (Å²) in [6.07, 6.45) is 0. The maximum atomic E-state index is 9.26. The van der Waals surface area contributed by atoms with Gasteiger partial charge in [-0.1, -0.05) is 26.0 Å². The molecule has 1 aromatic carbocycles. The topological polar surface area (TPSA) is 41.5 Å². The lowest BCUT2D eigenvalue weighted by Crippen LogP contribution is -2.48. The molecule has 0 aliphatic heterocycles. The van der Waals surface area contributed by atoms with E-state index in [4.69, 9.17) is 4.74 Å². The van der Waals surface area contributed by atoms with Gasteiger partial charge in [0.1, 0.15) is 5.75 Å². The fourth-order valence-corrected chi connectivity index (χ4v) is 1.66. The van der Waals surface area contributed by atoms with Crippen molar-refractivity contribution in [2.45, 2.75) is 38.6 Å². The highest BCUT2D eigenvalue weighted by Gasteiger charge is 2.25. The van der Waals surface area contributed by atoms with Crippen LogP contribution in [0.5, 0.6) is 5.75 Å². The summed E-state index contributed by atoms with van der Waals surface area (Å²) in [4.78, 5) is 0. The Hall–Kier alpha value is -1.06. The fourth-order valence-electron chi connectivity index (χ4n) is 1.66. The van der Waals surface area contributed by atoms with Gasteiger partial charge in [-0.25, -0.2) is 0 Å². The Morgan fingerprint density at radius 3 is 2.44 bits per heavy atom. The van der Waals surface area contributed by atoms with Crippen molar-refractivity contribution in [3.05, 3.63) is 29.8 Å². The monoisotopic (exact) mass is 251 g/mol. The zero-order valence-corrected chi connectivity index (χ0v) is 12.1. The van der Waals surface area contributed by atoms with Gasteiger partial charge in [-0.15, -0.1) is 0 Å². The summed E-state index contributed by atoms with van der Waals surface area (Å²) in [5, 5.41) is 12.7. The number of rotatable bonds is 6. The fraction of sp³-hybridized carbons (Fsp3) is 0.600. The van der Waals surface area contributed by atoms with Crippen molar-refractivity contribution in [1.82, 2.24) is 5.32 Å². The molecule has 0 unspecified atom stereocenters. The summed E-state index contributed by atoms with van der Waals surface area (Å²) < 4.78 is 5.26. The molecule has 18 heavy (non-hydrogen) atoms. The molecule has 0 saturated carbocycles. The number of nitrogens with one attached hydrogen (secondary N) is 1. The van der Waals surface area contributed by atoms with Gasteiger partial charge in [0.05, 0.1) is 13.7 Å². The normalized spacial score (nSPS) is 12.6. The van der Waals surface area contributed by atoms with E-state index < -0.39 is 0 Å². The van der Waals surface area contributed by atoms with Crippen molar-refractivity contribution in [3.8, 4) is 5.75 Å². The maximum Gasteiger partial charge on any atom is 0.119 e. The van der Waals surface area contributed by atoms with Crippen LogP contribution in [0.25, 0.3) is 0 Å². The van der Waals surface area contributed by atoms with Crippen molar-refractivity contribution in [1.29, 1.82) is 0 Å². The molecule has 0 aromatic heterocycles. The highest BCUT2D eigenvalue weighted by Crippen LogP contribution is 2.26. The van der Waals surface area contributed by atoms with Crippen LogP contribution in [0, 0.1) is 0 Å². The minimum atomic E-state index is -0.254. The molecule has 2 N–H and O–H groups in total. The van der Waals surface area contributed by atoms with Crippen molar-refractivity contribution in [2.75, 3.05) is 20.3 Å². The molecule has 0 amide bonds. The van der Waals surface area contributed by atoms with E-state index in [1.165, 1.54) is 5.56 Å². The quantitative estimate of drug-likeness (QED) is 0.815. The van der Waals surface area contributed by atoms with Crippen LogP contribution in [0.4, 0.5) is 0 Å². The van der Waals surface area contributed by atoms with Crippen LogP contribution in [0.2, 0.25) is 0 Å². The van der Waals surface area contributed by atoms with Crippen molar-refractivity contribution in [2.24, 2.45) is 0 Å². The van der Waals surface area contributed by atoms with E-state index in [1.54, 1.807) is 7.11 Å². The number of hydrogen-bond acceptors (Lipinski definition) is 3. The average Bonchev–Trinajstić information content (AvgIpc) is 2.37. The van der Waals surface area contributed by atoms with Gasteiger partial charge < -0.3 is 15.2 Å². The Labute approximate surface area is 110 Å². The van der Waals surface area contributed by atoms with Crippen LogP contribution in [-0.2, 0) is 5.41 Å². The third kappa shape index (κ3) is 4.00. The summed E-state index contributed by atoms with van der Waals surface area (Å²) in [5.74, 6) is 0.877. The molecular weight excluding hydrogens is 226 g/mol. The second kappa shape index (κ2) is 5.72. The Morgan fingerprint density at radius 2 is 1.89 bits per heavy atom. The molecule has 3 heteroatoms. The standard InChI is InChI=1S/C15H25NO2/c1-14(2,10-16-15(3,4)11-17)12-7-6-8-13(9-12)18-5/h6-9,16-17H,10-11H2,1-5H3. The SMILES string of the molecule is COc1cccc(C(C)(C)CNC(C)(C)CO)c1. The van der Waals surface area contributed by atoms with E-state index in [2.05, 4.69) is 31.3 Å². The maximum absolute atomic E-state index is 9.26. The van der Waals surface area contributed by atoms with Gasteiger partial charge >= 0.3 is 0 Å². The Kier molecular flexibility index (Phi) is 4.77. The Balaban J connectivity index is 2.79. The van der Waals surface area contributed by atoms with Gasteiger partial charge in [-0.3, -0.25) is 0 Å². The zero-order chi connectivity index (χ0) is 13.8. The van der Waals surface area contributed by atoms with Crippen LogP contribution >= 0.6 is 0 Å². The molecule has 0 aliphatic rings. The number of aliphatic hydroxyl groups is 1. The average molecular weight is 251 g/mol.